The Hall–Kier alpha value is -1.52. The van der Waals surface area contributed by atoms with Gasteiger partial charge in [0, 0.05) is 53.9 Å². The number of aromatic nitrogens is 1. The Bertz CT molecular complexity index is 546. The summed E-state index contributed by atoms with van der Waals surface area (Å²) in [4.78, 5) is 15.1. The summed E-state index contributed by atoms with van der Waals surface area (Å²) in [5.41, 5.74) is 1.30. The van der Waals surface area contributed by atoms with Gasteiger partial charge in [-0.05, 0) is 43.2 Å². The second kappa shape index (κ2) is 14.6. The fourth-order valence-corrected chi connectivity index (χ4v) is 2.84. The minimum Gasteiger partial charge on any atom is -0.470 e. The van der Waals surface area contributed by atoms with Crippen molar-refractivity contribution in [2.24, 2.45) is 0 Å². The van der Waals surface area contributed by atoms with E-state index in [4.69, 9.17) is 32.3 Å². The number of hydrogen-bond donors (Lipinski definition) is 2. The van der Waals surface area contributed by atoms with Crippen LogP contribution in [0.1, 0.15) is 30.9 Å². The van der Waals surface area contributed by atoms with Gasteiger partial charge in [0.25, 0.3) is 10.3 Å². The molecule has 8 nitrogen and oxygen atoms in total. The third-order valence-electron chi connectivity index (χ3n) is 3.69. The Balaban J connectivity index is 0.00000113. The van der Waals surface area contributed by atoms with Crippen LogP contribution in [0.25, 0.3) is 0 Å². The van der Waals surface area contributed by atoms with Crippen molar-refractivity contribution in [1.29, 1.82) is 0 Å². The topological polar surface area (TPSA) is 101 Å². The quantitative estimate of drug-likeness (QED) is 0.212. The van der Waals surface area contributed by atoms with Gasteiger partial charge in [-0.1, -0.05) is 18.6 Å². The number of nitrogens with one attached hydrogen (secondary N) is 1. The molecule has 2 heterocycles. The fraction of sp³-hybridized carbons (Fsp3) is 0.500. The molecule has 1 saturated heterocycles. The van der Waals surface area contributed by atoms with Crippen molar-refractivity contribution in [3.8, 4) is 0 Å². The number of hydrogen-bond acceptors (Lipinski definition) is 6. The minimum atomic E-state index is -1.50. The summed E-state index contributed by atoms with van der Waals surface area (Å²) in [6, 6.07) is 4.62. The van der Waals surface area contributed by atoms with Crippen molar-refractivity contribution in [1.82, 2.24) is 15.2 Å². The first kappa shape index (κ1) is 24.5. The first-order valence-electron chi connectivity index (χ1n) is 8.03. The van der Waals surface area contributed by atoms with E-state index < -0.39 is 5.09 Å². The fourth-order valence-electron chi connectivity index (χ4n) is 2.67. The van der Waals surface area contributed by atoms with Crippen molar-refractivity contribution in [2.75, 3.05) is 26.2 Å². The molecule has 26 heavy (non-hydrogen) atoms. The molecule has 1 radical (unpaired) electrons. The zero-order valence-electron chi connectivity index (χ0n) is 14.3. The third-order valence-corrected chi connectivity index (χ3v) is 3.95. The Morgan fingerprint density at radius 3 is 2.96 bits per heavy atom. The molecule has 0 spiro atoms. The van der Waals surface area contributed by atoms with Crippen molar-refractivity contribution in [2.45, 2.75) is 25.3 Å². The molecule has 1 fully saturated rings. The molecular weight excluding hydrogens is 452 g/mol. The molecular formula is C16H24AgN4O4S. The number of piperidine rings is 1. The molecule has 0 saturated carbocycles. The van der Waals surface area contributed by atoms with E-state index in [1.807, 2.05) is 18.5 Å². The minimum absolute atomic E-state index is 0. The number of thiocarbonyl (C=S) groups is 1. The standard InChI is InChI=1S/C16H23N3OS.Ag.HNO3/c1-2-8-18-16(21)20-12-11-19-10-4-3-7-15(19)14-6-5-9-17-13-14;;2-1(3)4/h2,5-6,9,13,15H,1,3-4,7-8,10-12H2,(H,18,21);;(H,2,3,4). The van der Waals surface area contributed by atoms with Crippen LogP contribution in [0.3, 0.4) is 0 Å². The van der Waals surface area contributed by atoms with Crippen LogP contribution in [0.4, 0.5) is 0 Å². The van der Waals surface area contributed by atoms with Crippen LogP contribution in [0.5, 0.6) is 0 Å². The van der Waals surface area contributed by atoms with Gasteiger partial charge in [0.2, 0.25) is 0 Å². The van der Waals surface area contributed by atoms with Gasteiger partial charge in [0.05, 0.1) is 0 Å². The molecule has 2 rings (SSSR count). The normalized spacial score (nSPS) is 16.2. The molecule has 2 N–H and O–H groups in total. The maximum absolute atomic E-state index is 8.36. The Kier molecular flexibility index (Phi) is 13.8. The Morgan fingerprint density at radius 1 is 1.62 bits per heavy atom. The van der Waals surface area contributed by atoms with Gasteiger partial charge in [0.15, 0.2) is 0 Å². The molecule has 1 aromatic heterocycles. The van der Waals surface area contributed by atoms with Gasteiger partial charge in [-0.15, -0.1) is 16.7 Å². The van der Waals surface area contributed by atoms with Crippen molar-refractivity contribution in [3.63, 3.8) is 0 Å². The summed E-state index contributed by atoms with van der Waals surface area (Å²) in [6.45, 7) is 6.88. The molecule has 1 aliphatic heterocycles. The SMILES string of the molecule is C=CCNC(=S)OCCN1CCCCC1c1cccnc1.O=[N+]([O-])O.[Ag]. The zero-order valence-corrected chi connectivity index (χ0v) is 16.6. The van der Waals surface area contributed by atoms with Crippen molar-refractivity contribution in [3.05, 3.63) is 52.9 Å². The predicted octanol–water partition coefficient (Wildman–Crippen LogP) is 2.34. The molecule has 0 amide bonds. The molecule has 1 aliphatic rings. The van der Waals surface area contributed by atoms with Crippen LogP contribution in [-0.4, -0.2) is 51.6 Å². The molecule has 10 heteroatoms. The van der Waals surface area contributed by atoms with Crippen LogP contribution in [0.2, 0.25) is 0 Å². The summed E-state index contributed by atoms with van der Waals surface area (Å²) in [5, 5.41) is 17.1. The van der Waals surface area contributed by atoms with Gasteiger partial charge < -0.3 is 15.3 Å². The van der Waals surface area contributed by atoms with Gasteiger partial charge in [0.1, 0.15) is 6.61 Å². The van der Waals surface area contributed by atoms with Crippen LogP contribution < -0.4 is 5.32 Å². The number of rotatable bonds is 6. The van der Waals surface area contributed by atoms with Crippen LogP contribution in [-0.2, 0) is 27.1 Å². The van der Waals surface area contributed by atoms with Gasteiger partial charge in [-0.3, -0.25) is 9.88 Å². The van der Waals surface area contributed by atoms with E-state index in [-0.39, 0.29) is 22.4 Å². The molecule has 1 aromatic rings. The average molecular weight is 476 g/mol. The maximum Gasteiger partial charge on any atom is 0.291 e. The van der Waals surface area contributed by atoms with E-state index in [0.717, 1.165) is 13.1 Å². The van der Waals surface area contributed by atoms with Gasteiger partial charge in [-0.25, -0.2) is 0 Å². The van der Waals surface area contributed by atoms with E-state index in [1.54, 1.807) is 6.08 Å². The van der Waals surface area contributed by atoms with Crippen molar-refractivity contribution < 1.29 is 37.4 Å². The second-order valence-electron chi connectivity index (χ2n) is 5.38. The zero-order chi connectivity index (χ0) is 18.5. The third kappa shape index (κ3) is 10.5. The van der Waals surface area contributed by atoms with Crippen LogP contribution in [0, 0.1) is 10.1 Å². The summed E-state index contributed by atoms with van der Waals surface area (Å²) in [5.74, 6) is 0. The average Bonchev–Trinajstić information content (AvgIpc) is 2.61. The number of ether oxygens (including phenoxy) is 1. The summed E-state index contributed by atoms with van der Waals surface area (Å²) < 4.78 is 5.55. The number of pyridine rings is 1. The molecule has 0 aromatic carbocycles. The van der Waals surface area contributed by atoms with E-state index >= 15 is 0 Å². The van der Waals surface area contributed by atoms with E-state index in [1.165, 1.54) is 24.8 Å². The van der Waals surface area contributed by atoms with Crippen LogP contribution in [0.15, 0.2) is 37.2 Å². The molecule has 1 unspecified atom stereocenters. The van der Waals surface area contributed by atoms with E-state index in [9.17, 15) is 0 Å². The molecule has 1 atom stereocenters. The predicted molar refractivity (Wildman–Crippen MR) is 97.9 cm³/mol. The smallest absolute Gasteiger partial charge is 0.291 e. The largest absolute Gasteiger partial charge is 0.470 e. The Morgan fingerprint density at radius 2 is 2.35 bits per heavy atom. The molecule has 0 bridgehead atoms. The van der Waals surface area contributed by atoms with Crippen LogP contribution >= 0.6 is 12.2 Å². The van der Waals surface area contributed by atoms with Gasteiger partial charge >= 0.3 is 0 Å². The molecule has 149 valence electrons. The monoisotopic (exact) mass is 475 g/mol. The van der Waals surface area contributed by atoms with Gasteiger partial charge in [-0.2, -0.15) is 0 Å². The summed E-state index contributed by atoms with van der Waals surface area (Å²) in [6.07, 6.45) is 9.26. The van der Waals surface area contributed by atoms with E-state index in [0.29, 0.717) is 24.4 Å². The number of likely N-dealkylation sites (tertiary alicyclic amines) is 1. The second-order valence-corrected chi connectivity index (χ2v) is 5.75. The first-order chi connectivity index (χ1) is 12.0. The molecule has 0 aliphatic carbocycles. The summed E-state index contributed by atoms with van der Waals surface area (Å²) in [7, 11) is 0. The van der Waals surface area contributed by atoms with Crippen molar-refractivity contribution >= 4 is 17.4 Å². The maximum atomic E-state index is 8.36. The summed E-state index contributed by atoms with van der Waals surface area (Å²) >= 11 is 5.10. The van der Waals surface area contributed by atoms with E-state index in [2.05, 4.69) is 27.8 Å². The Labute approximate surface area is 174 Å². The first-order valence-corrected chi connectivity index (χ1v) is 8.44. The number of nitrogens with zero attached hydrogens (tertiary/aromatic N) is 3.